The van der Waals surface area contributed by atoms with Crippen molar-refractivity contribution in [2.24, 2.45) is 11.8 Å². The van der Waals surface area contributed by atoms with Crippen molar-refractivity contribution in [3.05, 3.63) is 0 Å². The molecule has 10 heteroatoms. The van der Waals surface area contributed by atoms with Gasteiger partial charge in [-0.1, -0.05) is 19.3 Å². The Morgan fingerprint density at radius 3 is 2.89 bits per heavy atom. The molecule has 7 N–H and O–H groups in total. The first-order valence-corrected chi connectivity index (χ1v) is 14.0. The van der Waals surface area contributed by atoms with Crippen LogP contribution >= 0.6 is 0 Å². The smallest absolute Gasteiger partial charge is 0.223 e. The number of rotatable bonds is 8. The SMILES string of the molecule is [2H]C([2H])(NC1CCCC(C(=O)N[C@@H]2CCOC3CCCCC32)C1)C1NNC(C2CCNCN2)N1CCO. The predicted octanol–water partition coefficient (Wildman–Crippen LogP) is -0.438. The first kappa shape index (κ1) is 23.3. The number of nitrogens with one attached hydrogen (secondary N) is 6. The van der Waals surface area contributed by atoms with Crippen LogP contribution in [0.5, 0.6) is 0 Å². The molecule has 7 unspecified atom stereocenters. The van der Waals surface area contributed by atoms with E-state index in [4.69, 9.17) is 7.48 Å². The van der Waals surface area contributed by atoms with Crippen molar-refractivity contribution in [2.75, 3.05) is 39.5 Å². The summed E-state index contributed by atoms with van der Waals surface area (Å²) in [6.07, 6.45) is 9.26. The zero-order valence-corrected chi connectivity index (χ0v) is 20.9. The van der Waals surface area contributed by atoms with Gasteiger partial charge < -0.3 is 25.8 Å². The Morgan fingerprint density at radius 2 is 2.03 bits per heavy atom. The molecule has 5 rings (SSSR count). The van der Waals surface area contributed by atoms with E-state index in [1.165, 1.54) is 12.8 Å². The number of aliphatic hydroxyl groups excluding tert-OH is 1. The zero-order chi connectivity index (χ0) is 25.8. The molecule has 1 amide bonds. The average molecular weight is 496 g/mol. The summed E-state index contributed by atoms with van der Waals surface area (Å²) in [5.74, 6) is 0.462. The number of fused-ring (bicyclic) bond motifs is 1. The van der Waals surface area contributed by atoms with Gasteiger partial charge in [-0.25, -0.2) is 10.9 Å². The number of β-amino-alcohol motifs (C(OH)–C–C–N with tert-alkyl or cyclic N) is 1. The van der Waals surface area contributed by atoms with Gasteiger partial charge in [0.15, 0.2) is 0 Å². The largest absolute Gasteiger partial charge is 0.395 e. The molecule has 3 saturated heterocycles. The second kappa shape index (κ2) is 12.6. The fourth-order valence-corrected chi connectivity index (χ4v) is 6.83. The Labute approximate surface area is 212 Å². The molecule has 0 bridgehead atoms. The summed E-state index contributed by atoms with van der Waals surface area (Å²) in [6.45, 7) is 0.915. The summed E-state index contributed by atoms with van der Waals surface area (Å²) >= 11 is 0. The number of carbonyl (C=O) groups is 1. The minimum atomic E-state index is -1.75. The number of ether oxygens (including phenoxy) is 1. The van der Waals surface area contributed by atoms with Crippen molar-refractivity contribution in [3.63, 3.8) is 0 Å². The molecule has 0 aromatic rings. The number of hydrogen-bond acceptors (Lipinski definition) is 9. The van der Waals surface area contributed by atoms with Crippen LogP contribution in [0, 0.1) is 11.8 Å². The lowest BCUT2D eigenvalue weighted by Crippen LogP contribution is -2.59. The van der Waals surface area contributed by atoms with Gasteiger partial charge in [-0.3, -0.25) is 15.0 Å². The average Bonchev–Trinajstić information content (AvgIpc) is 3.34. The Balaban J connectivity index is 1.17. The highest BCUT2D eigenvalue weighted by atomic mass is 16.5. The van der Waals surface area contributed by atoms with Crippen molar-refractivity contribution >= 4 is 5.91 Å². The van der Waals surface area contributed by atoms with Crippen molar-refractivity contribution in [1.82, 2.24) is 37.0 Å². The lowest BCUT2D eigenvalue weighted by Gasteiger charge is -2.42. The summed E-state index contributed by atoms with van der Waals surface area (Å²) in [5, 5.41) is 23.1. The molecule has 2 saturated carbocycles. The Kier molecular flexibility index (Phi) is 8.38. The fourth-order valence-electron chi connectivity index (χ4n) is 6.83. The molecule has 0 aromatic carbocycles. The Morgan fingerprint density at radius 1 is 1.11 bits per heavy atom. The highest BCUT2D eigenvalue weighted by molar-refractivity contribution is 5.79. The van der Waals surface area contributed by atoms with E-state index in [1.54, 1.807) is 0 Å². The molecule has 35 heavy (non-hydrogen) atoms. The molecule has 5 aliphatic rings. The van der Waals surface area contributed by atoms with Crippen molar-refractivity contribution in [1.29, 1.82) is 0 Å². The topological polar surface area (TPSA) is 122 Å². The quantitative estimate of drug-likeness (QED) is 0.240. The third-order valence-electron chi connectivity index (χ3n) is 8.75. The molecular weight excluding hydrogens is 446 g/mol. The van der Waals surface area contributed by atoms with Gasteiger partial charge in [-0.05, 0) is 51.5 Å². The molecule has 2 aliphatic carbocycles. The summed E-state index contributed by atoms with van der Waals surface area (Å²) in [7, 11) is 0. The van der Waals surface area contributed by atoms with Gasteiger partial charge >= 0.3 is 0 Å². The number of hydrogen-bond donors (Lipinski definition) is 7. The Hall–Kier alpha value is -0.850. The predicted molar refractivity (Wildman–Crippen MR) is 134 cm³/mol. The zero-order valence-electron chi connectivity index (χ0n) is 22.9. The van der Waals surface area contributed by atoms with Gasteiger partial charge in [-0.2, -0.15) is 0 Å². The van der Waals surface area contributed by atoms with E-state index in [0.717, 1.165) is 58.1 Å². The van der Waals surface area contributed by atoms with Crippen LogP contribution in [-0.2, 0) is 9.53 Å². The van der Waals surface area contributed by atoms with Gasteiger partial charge in [-0.15, -0.1) is 0 Å². The standard InChI is InChI=1S/C25H47N7O3/c33-12-11-32-23(30-31-24(32)21-8-10-26-16-28-21)15-27-18-5-3-4-17(14-18)25(34)29-20-9-13-35-22-7-2-1-6-19(20)22/h17-24,26-28,30-31,33H,1-16H2,(H,29,34)/t17?,18?,19?,20-,21?,22?,23?,24?/m1/s1/i15D2. The number of amides is 1. The van der Waals surface area contributed by atoms with E-state index in [-0.39, 0.29) is 42.7 Å². The third-order valence-corrected chi connectivity index (χ3v) is 8.75. The van der Waals surface area contributed by atoms with E-state index in [1.807, 2.05) is 4.90 Å². The Bertz CT molecular complexity index is 758. The van der Waals surface area contributed by atoms with Crippen molar-refractivity contribution in [2.45, 2.75) is 101 Å². The maximum Gasteiger partial charge on any atom is 0.223 e. The highest BCUT2D eigenvalue weighted by Crippen LogP contribution is 2.34. The molecule has 8 atom stereocenters. The van der Waals surface area contributed by atoms with E-state index < -0.39 is 12.7 Å². The number of nitrogens with zero attached hydrogens (tertiary/aromatic N) is 1. The molecule has 200 valence electrons. The van der Waals surface area contributed by atoms with Crippen LogP contribution in [0.4, 0.5) is 0 Å². The first-order valence-electron chi connectivity index (χ1n) is 15.0. The minimum Gasteiger partial charge on any atom is -0.395 e. The van der Waals surface area contributed by atoms with E-state index in [2.05, 4.69) is 32.1 Å². The van der Waals surface area contributed by atoms with Crippen LogP contribution in [0.2, 0.25) is 0 Å². The summed E-state index contributed by atoms with van der Waals surface area (Å²) < 4.78 is 23.9. The van der Waals surface area contributed by atoms with Crippen molar-refractivity contribution in [3.8, 4) is 0 Å². The number of aliphatic hydroxyl groups is 1. The van der Waals surface area contributed by atoms with Gasteiger partial charge in [0.05, 0.1) is 25.0 Å². The minimum absolute atomic E-state index is 0.0445. The van der Waals surface area contributed by atoms with Gasteiger partial charge in [0.25, 0.3) is 0 Å². The third kappa shape index (κ3) is 6.35. The molecule has 3 heterocycles. The molecule has 10 nitrogen and oxygen atoms in total. The second-order valence-electron chi connectivity index (χ2n) is 11.0. The normalized spacial score (nSPS) is 42.1. The molecule has 0 spiro atoms. The van der Waals surface area contributed by atoms with Gasteiger partial charge in [0, 0.05) is 59.0 Å². The van der Waals surface area contributed by atoms with Crippen LogP contribution < -0.4 is 32.1 Å². The number of carbonyl (C=O) groups excluding carboxylic acids is 1. The van der Waals surface area contributed by atoms with Crippen LogP contribution in [0.25, 0.3) is 0 Å². The fraction of sp³-hybridized carbons (Fsp3) is 0.960. The van der Waals surface area contributed by atoms with Gasteiger partial charge in [0.2, 0.25) is 5.91 Å². The summed E-state index contributed by atoms with van der Waals surface area (Å²) in [6, 6.07) is 0.274. The second-order valence-corrected chi connectivity index (χ2v) is 11.0. The highest BCUT2D eigenvalue weighted by Gasteiger charge is 2.40. The van der Waals surface area contributed by atoms with E-state index in [0.29, 0.717) is 31.7 Å². The lowest BCUT2D eigenvalue weighted by molar-refractivity contribution is -0.130. The maximum absolute atomic E-state index is 13.3. The van der Waals surface area contributed by atoms with Crippen LogP contribution in [0.15, 0.2) is 0 Å². The lowest BCUT2D eigenvalue weighted by atomic mass is 9.78. The molecule has 0 aromatic heterocycles. The summed E-state index contributed by atoms with van der Waals surface area (Å²) in [5.41, 5.74) is 6.43. The molecule has 3 aliphatic heterocycles. The monoisotopic (exact) mass is 495 g/mol. The molecular formula is C25H47N7O3. The van der Waals surface area contributed by atoms with Gasteiger partial charge in [0.1, 0.15) is 0 Å². The van der Waals surface area contributed by atoms with Crippen molar-refractivity contribution < 1.29 is 17.4 Å². The first-order chi connectivity index (χ1) is 18.0. The van der Waals surface area contributed by atoms with Crippen LogP contribution in [-0.4, -0.2) is 91.9 Å². The molecule has 0 radical (unpaired) electrons. The summed E-state index contributed by atoms with van der Waals surface area (Å²) in [4.78, 5) is 15.3. The number of hydrazine groups is 1. The maximum atomic E-state index is 13.3. The van der Waals surface area contributed by atoms with E-state index >= 15 is 0 Å². The van der Waals surface area contributed by atoms with Crippen LogP contribution in [0.1, 0.15) is 66.9 Å². The van der Waals surface area contributed by atoms with E-state index in [9.17, 15) is 9.90 Å². The van der Waals surface area contributed by atoms with Crippen LogP contribution in [0.3, 0.4) is 0 Å². The molecule has 5 fully saturated rings.